The molecule has 1 aromatic rings. The smallest absolute Gasteiger partial charge is 0.379 e. The molecule has 0 aromatic heterocycles. The van der Waals surface area contributed by atoms with Crippen LogP contribution in [0.2, 0.25) is 0 Å². The van der Waals surface area contributed by atoms with Gasteiger partial charge in [0.15, 0.2) is 6.10 Å². The van der Waals surface area contributed by atoms with E-state index in [1.807, 2.05) is 0 Å². The second kappa shape index (κ2) is 4.83. The zero-order chi connectivity index (χ0) is 15.9. The first kappa shape index (κ1) is 16.6. The molecule has 0 radical (unpaired) electrons. The summed E-state index contributed by atoms with van der Waals surface area (Å²) in [5, 5.41) is 8.78. The highest BCUT2D eigenvalue weighted by molar-refractivity contribution is 5.35. The number of alkyl halides is 9. The van der Waals surface area contributed by atoms with Crippen LogP contribution in [-0.4, -0.2) is 11.3 Å². The monoisotopic (exact) mass is 312 g/mol. The Morgan fingerprint density at radius 2 is 1.05 bits per heavy atom. The Balaban J connectivity index is 3.47. The number of benzene rings is 1. The lowest BCUT2D eigenvalue weighted by Gasteiger charge is -2.19. The van der Waals surface area contributed by atoms with Crippen molar-refractivity contribution in [2.75, 3.05) is 0 Å². The van der Waals surface area contributed by atoms with Gasteiger partial charge in [0, 0.05) is 0 Å². The summed E-state index contributed by atoms with van der Waals surface area (Å²) in [6.07, 6.45) is -19.4. The molecule has 0 bridgehead atoms. The predicted molar refractivity (Wildman–Crippen MR) is 47.5 cm³/mol. The molecule has 0 heterocycles. The summed E-state index contributed by atoms with van der Waals surface area (Å²) in [6, 6.07) is -0.673. The SMILES string of the molecule is O[C@H](c1cc(C(F)(F)F)cc(C(F)(F)F)c1)C(F)(F)F. The lowest BCUT2D eigenvalue weighted by Crippen LogP contribution is -2.22. The molecular weight excluding hydrogens is 307 g/mol. The topological polar surface area (TPSA) is 20.2 Å². The number of halogens is 9. The van der Waals surface area contributed by atoms with E-state index < -0.39 is 41.3 Å². The summed E-state index contributed by atoms with van der Waals surface area (Å²) >= 11 is 0. The van der Waals surface area contributed by atoms with Gasteiger partial charge in [0.2, 0.25) is 0 Å². The van der Waals surface area contributed by atoms with Crippen LogP contribution in [0.1, 0.15) is 22.8 Å². The summed E-state index contributed by atoms with van der Waals surface area (Å²) in [5.41, 5.74) is -5.38. The van der Waals surface area contributed by atoms with Crippen LogP contribution in [0.25, 0.3) is 0 Å². The molecule has 20 heavy (non-hydrogen) atoms. The molecule has 0 fully saturated rings. The summed E-state index contributed by atoms with van der Waals surface area (Å²) < 4.78 is 111. The molecule has 0 aliphatic rings. The molecule has 0 aliphatic heterocycles. The van der Waals surface area contributed by atoms with Crippen LogP contribution in [0.4, 0.5) is 39.5 Å². The van der Waals surface area contributed by atoms with Crippen molar-refractivity contribution in [1.82, 2.24) is 0 Å². The van der Waals surface area contributed by atoms with Gasteiger partial charge in [-0.2, -0.15) is 39.5 Å². The summed E-state index contributed by atoms with van der Waals surface area (Å²) in [7, 11) is 0. The fraction of sp³-hybridized carbons (Fsp3) is 0.400. The molecule has 1 rings (SSSR count). The second-order valence-corrected chi connectivity index (χ2v) is 3.78. The second-order valence-electron chi connectivity index (χ2n) is 3.78. The van der Waals surface area contributed by atoms with Crippen molar-refractivity contribution in [3.8, 4) is 0 Å². The highest BCUT2D eigenvalue weighted by Crippen LogP contribution is 2.40. The van der Waals surface area contributed by atoms with Gasteiger partial charge in [-0.05, 0) is 23.8 Å². The van der Waals surface area contributed by atoms with E-state index in [2.05, 4.69) is 0 Å². The molecule has 0 spiro atoms. The van der Waals surface area contributed by atoms with Crippen LogP contribution in [0, 0.1) is 0 Å². The van der Waals surface area contributed by atoms with E-state index in [9.17, 15) is 39.5 Å². The van der Waals surface area contributed by atoms with Crippen molar-refractivity contribution in [3.63, 3.8) is 0 Å². The van der Waals surface area contributed by atoms with Gasteiger partial charge in [0.1, 0.15) is 0 Å². The maximum Gasteiger partial charge on any atom is 0.418 e. The summed E-state index contributed by atoms with van der Waals surface area (Å²) in [4.78, 5) is 0. The Bertz CT molecular complexity index is 451. The van der Waals surface area contributed by atoms with E-state index in [-0.39, 0.29) is 18.2 Å². The van der Waals surface area contributed by atoms with Crippen LogP contribution in [0.5, 0.6) is 0 Å². The maximum atomic E-state index is 12.4. The van der Waals surface area contributed by atoms with Gasteiger partial charge < -0.3 is 5.11 Å². The molecule has 114 valence electrons. The zero-order valence-corrected chi connectivity index (χ0v) is 9.16. The molecule has 0 saturated heterocycles. The maximum absolute atomic E-state index is 12.4. The molecule has 1 nitrogen and oxygen atoms in total. The predicted octanol–water partition coefficient (Wildman–Crippen LogP) is 4.32. The van der Waals surface area contributed by atoms with Crippen LogP contribution in [0.3, 0.4) is 0 Å². The van der Waals surface area contributed by atoms with Gasteiger partial charge in [-0.1, -0.05) is 0 Å². The number of hydrogen-bond donors (Lipinski definition) is 1. The lowest BCUT2D eigenvalue weighted by molar-refractivity contribution is -0.207. The number of rotatable bonds is 1. The average molecular weight is 312 g/mol. The minimum absolute atomic E-state index is 0.173. The Hall–Kier alpha value is -1.45. The van der Waals surface area contributed by atoms with Crippen LogP contribution in [-0.2, 0) is 12.4 Å². The Labute approximate surface area is 105 Å². The molecule has 0 aliphatic carbocycles. The van der Waals surface area contributed by atoms with Crippen LogP contribution >= 0.6 is 0 Å². The normalized spacial score (nSPS) is 15.3. The molecule has 10 heteroatoms. The highest BCUT2D eigenvalue weighted by Gasteiger charge is 2.43. The molecular formula is C10H5F9O. The minimum Gasteiger partial charge on any atom is -0.379 e. The fourth-order valence-corrected chi connectivity index (χ4v) is 1.33. The van der Waals surface area contributed by atoms with Gasteiger partial charge in [0.25, 0.3) is 0 Å². The first-order chi connectivity index (χ1) is 8.73. The zero-order valence-electron chi connectivity index (χ0n) is 9.16. The highest BCUT2D eigenvalue weighted by atomic mass is 19.4. The van der Waals surface area contributed by atoms with E-state index in [0.717, 1.165) is 0 Å². The third-order valence-electron chi connectivity index (χ3n) is 2.24. The van der Waals surface area contributed by atoms with Crippen molar-refractivity contribution < 1.29 is 44.6 Å². The van der Waals surface area contributed by atoms with Crippen molar-refractivity contribution >= 4 is 0 Å². The lowest BCUT2D eigenvalue weighted by atomic mass is 10.0. The third-order valence-corrected chi connectivity index (χ3v) is 2.24. The molecule has 0 unspecified atom stereocenters. The van der Waals surface area contributed by atoms with Crippen molar-refractivity contribution in [1.29, 1.82) is 0 Å². The fourth-order valence-electron chi connectivity index (χ4n) is 1.33. The van der Waals surface area contributed by atoms with Crippen LogP contribution in [0.15, 0.2) is 18.2 Å². The minimum atomic E-state index is -5.38. The Morgan fingerprint density at radius 1 is 0.700 bits per heavy atom. The van der Waals surface area contributed by atoms with Gasteiger partial charge in [-0.15, -0.1) is 0 Å². The number of aliphatic hydroxyl groups excluding tert-OH is 1. The summed E-state index contributed by atoms with van der Waals surface area (Å²) in [6.45, 7) is 0. The third kappa shape index (κ3) is 3.78. The van der Waals surface area contributed by atoms with Gasteiger partial charge in [-0.3, -0.25) is 0 Å². The van der Waals surface area contributed by atoms with E-state index >= 15 is 0 Å². The molecule has 1 aromatic carbocycles. The molecule has 0 amide bonds. The first-order valence-corrected chi connectivity index (χ1v) is 4.77. The first-order valence-electron chi connectivity index (χ1n) is 4.77. The van der Waals surface area contributed by atoms with E-state index in [1.165, 1.54) is 0 Å². The van der Waals surface area contributed by atoms with Gasteiger partial charge >= 0.3 is 18.5 Å². The average Bonchev–Trinajstić information content (AvgIpc) is 2.23. The van der Waals surface area contributed by atoms with Crippen molar-refractivity contribution in [2.45, 2.75) is 24.6 Å². The van der Waals surface area contributed by atoms with Crippen LogP contribution < -0.4 is 0 Å². The molecule has 1 N–H and O–H groups in total. The Kier molecular flexibility index (Phi) is 4.01. The molecule has 0 saturated carbocycles. The number of hydrogen-bond acceptors (Lipinski definition) is 1. The van der Waals surface area contributed by atoms with Crippen molar-refractivity contribution in [3.05, 3.63) is 34.9 Å². The quantitative estimate of drug-likeness (QED) is 0.766. The van der Waals surface area contributed by atoms with E-state index in [4.69, 9.17) is 5.11 Å². The standard InChI is InChI=1S/C10H5F9O/c11-8(12,13)5-1-4(7(20)10(17,18)19)2-6(3-5)9(14,15)16/h1-3,7,20H/t7-/m1/s1. The van der Waals surface area contributed by atoms with Crippen molar-refractivity contribution in [2.24, 2.45) is 0 Å². The summed E-state index contributed by atoms with van der Waals surface area (Å²) in [5.74, 6) is 0. The van der Waals surface area contributed by atoms with E-state index in [1.54, 1.807) is 0 Å². The number of aliphatic hydroxyl groups is 1. The van der Waals surface area contributed by atoms with E-state index in [0.29, 0.717) is 0 Å². The van der Waals surface area contributed by atoms with Gasteiger partial charge in [-0.25, -0.2) is 0 Å². The molecule has 1 atom stereocenters. The Morgan fingerprint density at radius 3 is 1.30 bits per heavy atom. The van der Waals surface area contributed by atoms with Gasteiger partial charge in [0.05, 0.1) is 11.1 Å². The largest absolute Gasteiger partial charge is 0.418 e.